The second-order valence-electron chi connectivity index (χ2n) is 2.27. The molecule has 0 fully saturated rings. The quantitative estimate of drug-likeness (QED) is 0.682. The molecule has 0 bridgehead atoms. The molecule has 0 radical (unpaired) electrons. The van der Waals surface area contributed by atoms with Gasteiger partial charge in [-0.05, 0) is 18.2 Å². The van der Waals surface area contributed by atoms with Crippen molar-refractivity contribution in [2.75, 3.05) is 0 Å². The fraction of sp³-hybridized carbons (Fsp3) is 0. The van der Waals surface area contributed by atoms with Crippen LogP contribution >= 0.6 is 0 Å². The van der Waals surface area contributed by atoms with Crippen LogP contribution in [0.15, 0.2) is 34.1 Å². The van der Waals surface area contributed by atoms with Crippen molar-refractivity contribution >= 4 is 21.1 Å². The van der Waals surface area contributed by atoms with Crippen molar-refractivity contribution in [1.82, 2.24) is 0 Å². The Kier molecular flexibility index (Phi) is 2.81. The van der Waals surface area contributed by atoms with Gasteiger partial charge < -0.3 is 4.55 Å². The zero-order valence-electron chi connectivity index (χ0n) is 6.38. The smallest absolute Gasteiger partial charge is 0.238 e. The largest absolute Gasteiger partial charge is 0.302 e. The van der Waals surface area contributed by atoms with Crippen LogP contribution in [0, 0.1) is 0 Å². The Hall–Kier alpha value is -0.760. The molecule has 1 unspecified atom stereocenters. The van der Waals surface area contributed by atoms with Gasteiger partial charge in [-0.1, -0.05) is 6.07 Å². The second-order valence-corrected chi connectivity index (χ2v) is 4.80. The molecule has 13 heavy (non-hydrogen) atoms. The predicted octanol–water partition coefficient (Wildman–Crippen LogP) is -0.0854. The van der Waals surface area contributed by atoms with E-state index in [9.17, 15) is 12.6 Å². The second kappa shape index (κ2) is 3.54. The molecule has 0 aliphatic heterocycles. The van der Waals surface area contributed by atoms with Crippen molar-refractivity contribution in [3.05, 3.63) is 24.3 Å². The molecule has 0 aliphatic rings. The van der Waals surface area contributed by atoms with E-state index in [0.717, 1.165) is 6.07 Å². The standard InChI is InChI=1S/C6H7NO4S2/c7-13(10,11)6-3-1-2-5(4-6)12(8)9/h1-4H,(H,8,9)(H2,7,10,11). The molecule has 0 spiro atoms. The average molecular weight is 221 g/mol. The molecule has 1 aromatic rings. The van der Waals surface area contributed by atoms with Crippen molar-refractivity contribution in [1.29, 1.82) is 0 Å². The first-order valence-corrected chi connectivity index (χ1v) is 5.80. The van der Waals surface area contributed by atoms with Gasteiger partial charge in [0.25, 0.3) is 0 Å². The van der Waals surface area contributed by atoms with Crippen LogP contribution in [-0.4, -0.2) is 17.2 Å². The Balaban J connectivity index is 3.29. The van der Waals surface area contributed by atoms with Gasteiger partial charge >= 0.3 is 0 Å². The van der Waals surface area contributed by atoms with E-state index in [2.05, 4.69) is 0 Å². The number of primary sulfonamides is 1. The normalized spacial score (nSPS) is 14.0. The van der Waals surface area contributed by atoms with E-state index in [1.165, 1.54) is 18.2 Å². The fourth-order valence-corrected chi connectivity index (χ4v) is 1.82. The lowest BCUT2D eigenvalue weighted by atomic mass is 10.4. The van der Waals surface area contributed by atoms with Crippen molar-refractivity contribution in [3.63, 3.8) is 0 Å². The number of sulfonamides is 1. The molecular formula is C6H7NO4S2. The number of hydrogen-bond acceptors (Lipinski definition) is 3. The molecule has 0 aromatic heterocycles. The number of benzene rings is 1. The summed E-state index contributed by atoms with van der Waals surface area (Å²) < 4.78 is 40.8. The van der Waals surface area contributed by atoms with Crippen molar-refractivity contribution in [2.45, 2.75) is 9.79 Å². The maximum absolute atomic E-state index is 10.8. The van der Waals surface area contributed by atoms with Gasteiger partial charge in [0.1, 0.15) is 0 Å². The summed E-state index contributed by atoms with van der Waals surface area (Å²) >= 11 is -2.19. The number of rotatable bonds is 2. The highest BCUT2D eigenvalue weighted by molar-refractivity contribution is 7.89. The third kappa shape index (κ3) is 2.59. The number of hydrogen-bond donors (Lipinski definition) is 2. The fourth-order valence-electron chi connectivity index (χ4n) is 0.760. The molecule has 1 atom stereocenters. The van der Waals surface area contributed by atoms with Gasteiger partial charge in [0.15, 0.2) is 11.1 Å². The molecule has 0 saturated heterocycles. The molecular weight excluding hydrogens is 214 g/mol. The summed E-state index contributed by atoms with van der Waals surface area (Å²) in [5.41, 5.74) is 0. The lowest BCUT2D eigenvalue weighted by Gasteiger charge is -1.98. The van der Waals surface area contributed by atoms with Crippen LogP contribution in [0.1, 0.15) is 0 Å². The van der Waals surface area contributed by atoms with Crippen LogP contribution in [0.2, 0.25) is 0 Å². The Labute approximate surface area is 77.9 Å². The topological polar surface area (TPSA) is 97.5 Å². The van der Waals surface area contributed by atoms with Crippen LogP contribution in [0.3, 0.4) is 0 Å². The summed E-state index contributed by atoms with van der Waals surface area (Å²) in [7, 11) is -3.80. The predicted molar refractivity (Wildman–Crippen MR) is 46.9 cm³/mol. The molecule has 1 aromatic carbocycles. The van der Waals surface area contributed by atoms with E-state index in [4.69, 9.17) is 9.69 Å². The Morgan fingerprint density at radius 1 is 1.38 bits per heavy atom. The van der Waals surface area contributed by atoms with E-state index >= 15 is 0 Å². The van der Waals surface area contributed by atoms with E-state index < -0.39 is 21.1 Å². The van der Waals surface area contributed by atoms with Gasteiger partial charge in [-0.15, -0.1) is 0 Å². The molecule has 7 heteroatoms. The summed E-state index contributed by atoms with van der Waals surface area (Å²) in [6, 6.07) is 5.01. The minimum absolute atomic E-state index is 0.00604. The van der Waals surface area contributed by atoms with Crippen LogP contribution in [-0.2, 0) is 21.1 Å². The van der Waals surface area contributed by atoms with Crippen LogP contribution in [0.5, 0.6) is 0 Å². The van der Waals surface area contributed by atoms with Crippen molar-refractivity contribution < 1.29 is 17.2 Å². The van der Waals surface area contributed by atoms with Crippen LogP contribution < -0.4 is 5.14 Å². The summed E-state index contributed by atoms with van der Waals surface area (Å²) in [4.78, 5) is -0.168. The van der Waals surface area contributed by atoms with Gasteiger partial charge in [0.2, 0.25) is 10.0 Å². The van der Waals surface area contributed by atoms with Crippen LogP contribution in [0.25, 0.3) is 0 Å². The van der Waals surface area contributed by atoms with Gasteiger partial charge in [-0.2, -0.15) is 0 Å². The first-order chi connectivity index (χ1) is 5.91. The summed E-state index contributed by atoms with van der Waals surface area (Å²) in [6.07, 6.45) is 0. The van der Waals surface area contributed by atoms with Gasteiger partial charge in [-0.25, -0.2) is 17.8 Å². The molecule has 3 N–H and O–H groups in total. The molecule has 0 heterocycles. The number of nitrogens with two attached hydrogens (primary N) is 1. The summed E-state index contributed by atoms with van der Waals surface area (Å²) in [5, 5.41) is 4.82. The molecule has 72 valence electrons. The van der Waals surface area contributed by atoms with Crippen molar-refractivity contribution in [3.8, 4) is 0 Å². The molecule has 1 rings (SSSR count). The van der Waals surface area contributed by atoms with Crippen molar-refractivity contribution in [2.24, 2.45) is 5.14 Å². The lowest BCUT2D eigenvalue weighted by molar-refractivity contribution is 0.564. The third-order valence-corrected chi connectivity index (χ3v) is 2.90. The maximum Gasteiger partial charge on any atom is 0.238 e. The summed E-state index contributed by atoms with van der Waals surface area (Å²) in [5.74, 6) is 0. The Morgan fingerprint density at radius 2 is 2.00 bits per heavy atom. The third-order valence-electron chi connectivity index (χ3n) is 1.34. The minimum atomic E-state index is -3.80. The van der Waals surface area contributed by atoms with E-state index in [1.54, 1.807) is 0 Å². The molecule has 0 saturated carbocycles. The summed E-state index contributed by atoms with van der Waals surface area (Å²) in [6.45, 7) is 0. The Bertz CT molecular complexity index is 440. The highest BCUT2D eigenvalue weighted by Gasteiger charge is 2.09. The monoisotopic (exact) mass is 221 g/mol. The van der Waals surface area contributed by atoms with E-state index in [-0.39, 0.29) is 9.79 Å². The van der Waals surface area contributed by atoms with Gasteiger partial charge in [0.05, 0.1) is 9.79 Å². The maximum atomic E-state index is 10.8. The average Bonchev–Trinajstić information content (AvgIpc) is 2.03. The Morgan fingerprint density at radius 3 is 2.46 bits per heavy atom. The minimum Gasteiger partial charge on any atom is -0.302 e. The highest BCUT2D eigenvalue weighted by atomic mass is 32.2. The highest BCUT2D eigenvalue weighted by Crippen LogP contribution is 2.11. The molecule has 0 amide bonds. The van der Waals surface area contributed by atoms with Gasteiger partial charge in [0, 0.05) is 0 Å². The SMILES string of the molecule is NS(=O)(=O)c1cccc(S(=O)O)c1. The zero-order chi connectivity index (χ0) is 10.1. The zero-order valence-corrected chi connectivity index (χ0v) is 8.01. The van der Waals surface area contributed by atoms with Gasteiger partial charge in [-0.3, -0.25) is 0 Å². The molecule has 0 aliphatic carbocycles. The molecule has 5 nitrogen and oxygen atoms in total. The van der Waals surface area contributed by atoms with Crippen LogP contribution in [0.4, 0.5) is 0 Å². The first-order valence-electron chi connectivity index (χ1n) is 3.15. The van der Waals surface area contributed by atoms with E-state index in [1.807, 2.05) is 0 Å². The van der Waals surface area contributed by atoms with E-state index in [0.29, 0.717) is 0 Å². The first kappa shape index (κ1) is 10.3. The lowest BCUT2D eigenvalue weighted by Crippen LogP contribution is -2.12.